The molecule has 0 aromatic carbocycles. The van der Waals surface area contributed by atoms with Gasteiger partial charge in [-0.25, -0.2) is 0 Å². The number of halogens is 1. The SMILES string of the molecule is O=C(CN1CCNCC1)Nc1ccc(Cl)s1. The average molecular weight is 260 g/mol. The number of carbonyl (C=O) groups is 1. The van der Waals surface area contributed by atoms with Crippen LogP contribution in [-0.2, 0) is 4.79 Å². The predicted octanol–water partition coefficient (Wildman–Crippen LogP) is 1.25. The lowest BCUT2D eigenvalue weighted by Crippen LogP contribution is -2.46. The molecule has 1 aromatic rings. The zero-order chi connectivity index (χ0) is 11.4. The van der Waals surface area contributed by atoms with E-state index >= 15 is 0 Å². The Kier molecular flexibility index (Phi) is 4.17. The first kappa shape index (κ1) is 11.9. The van der Waals surface area contributed by atoms with Crippen molar-refractivity contribution in [2.24, 2.45) is 0 Å². The fourth-order valence-electron chi connectivity index (χ4n) is 1.63. The van der Waals surface area contributed by atoms with Gasteiger partial charge in [0.1, 0.15) is 0 Å². The Bertz CT molecular complexity index is 363. The van der Waals surface area contributed by atoms with E-state index in [9.17, 15) is 4.79 Å². The quantitative estimate of drug-likeness (QED) is 0.859. The Morgan fingerprint density at radius 2 is 2.25 bits per heavy atom. The minimum Gasteiger partial charge on any atom is -0.317 e. The number of carbonyl (C=O) groups excluding carboxylic acids is 1. The van der Waals surface area contributed by atoms with E-state index in [0.29, 0.717) is 10.9 Å². The standard InChI is InChI=1S/C10H14ClN3OS/c11-8-1-2-10(16-8)13-9(15)7-14-5-3-12-4-6-14/h1-2,12H,3-7H2,(H,13,15). The summed E-state index contributed by atoms with van der Waals surface area (Å²) in [4.78, 5) is 13.8. The molecule has 1 aromatic heterocycles. The van der Waals surface area contributed by atoms with E-state index < -0.39 is 0 Å². The number of nitrogens with zero attached hydrogens (tertiary/aromatic N) is 1. The number of nitrogens with one attached hydrogen (secondary N) is 2. The first-order valence-electron chi connectivity index (χ1n) is 5.22. The zero-order valence-electron chi connectivity index (χ0n) is 8.83. The molecule has 0 aliphatic carbocycles. The average Bonchev–Trinajstić information content (AvgIpc) is 2.65. The van der Waals surface area contributed by atoms with Gasteiger partial charge < -0.3 is 10.6 Å². The van der Waals surface area contributed by atoms with Crippen LogP contribution < -0.4 is 10.6 Å². The first-order chi connectivity index (χ1) is 7.74. The Morgan fingerprint density at radius 3 is 2.88 bits per heavy atom. The van der Waals surface area contributed by atoms with Crippen molar-refractivity contribution in [3.63, 3.8) is 0 Å². The number of piperazine rings is 1. The van der Waals surface area contributed by atoms with Crippen LogP contribution in [0.5, 0.6) is 0 Å². The summed E-state index contributed by atoms with van der Waals surface area (Å²) < 4.78 is 0.692. The fourth-order valence-corrected chi connectivity index (χ4v) is 2.59. The monoisotopic (exact) mass is 259 g/mol. The largest absolute Gasteiger partial charge is 0.317 e. The summed E-state index contributed by atoms with van der Waals surface area (Å²) in [6.45, 7) is 4.23. The summed E-state index contributed by atoms with van der Waals surface area (Å²) in [6.07, 6.45) is 0. The second-order valence-electron chi connectivity index (χ2n) is 3.68. The molecule has 16 heavy (non-hydrogen) atoms. The van der Waals surface area contributed by atoms with Crippen molar-refractivity contribution in [2.45, 2.75) is 0 Å². The van der Waals surface area contributed by atoms with Crippen LogP contribution in [0.1, 0.15) is 0 Å². The first-order valence-corrected chi connectivity index (χ1v) is 6.42. The van der Waals surface area contributed by atoms with Crippen molar-refractivity contribution in [1.82, 2.24) is 10.2 Å². The highest BCUT2D eigenvalue weighted by molar-refractivity contribution is 7.20. The molecule has 0 spiro atoms. The van der Waals surface area contributed by atoms with Gasteiger partial charge in [-0.2, -0.15) is 0 Å². The lowest BCUT2D eigenvalue weighted by Gasteiger charge is -2.26. The highest BCUT2D eigenvalue weighted by Gasteiger charge is 2.13. The van der Waals surface area contributed by atoms with Gasteiger partial charge in [0.05, 0.1) is 15.9 Å². The maximum atomic E-state index is 11.7. The summed E-state index contributed by atoms with van der Waals surface area (Å²) in [7, 11) is 0. The predicted molar refractivity (Wildman–Crippen MR) is 67.3 cm³/mol. The zero-order valence-corrected chi connectivity index (χ0v) is 10.4. The molecule has 88 valence electrons. The van der Waals surface area contributed by atoms with E-state index in [1.54, 1.807) is 6.07 Å². The molecule has 6 heteroatoms. The van der Waals surface area contributed by atoms with Crippen LogP contribution in [0.3, 0.4) is 0 Å². The molecule has 4 nitrogen and oxygen atoms in total. The van der Waals surface area contributed by atoms with Crippen LogP contribution in [0.2, 0.25) is 4.34 Å². The third-order valence-corrected chi connectivity index (χ3v) is 3.56. The number of anilines is 1. The van der Waals surface area contributed by atoms with Gasteiger partial charge >= 0.3 is 0 Å². The van der Waals surface area contributed by atoms with Gasteiger partial charge in [0.25, 0.3) is 0 Å². The van der Waals surface area contributed by atoms with Crippen molar-refractivity contribution in [2.75, 3.05) is 38.0 Å². The Hall–Kier alpha value is -0.620. The maximum Gasteiger partial charge on any atom is 0.239 e. The molecule has 0 bridgehead atoms. The van der Waals surface area contributed by atoms with Crippen molar-refractivity contribution >= 4 is 33.8 Å². The Balaban J connectivity index is 1.79. The normalized spacial score (nSPS) is 17.3. The molecule has 0 atom stereocenters. The maximum absolute atomic E-state index is 11.7. The molecule has 0 unspecified atom stereocenters. The van der Waals surface area contributed by atoms with Gasteiger partial charge in [-0.1, -0.05) is 11.6 Å². The van der Waals surface area contributed by atoms with Gasteiger partial charge in [-0.15, -0.1) is 11.3 Å². The van der Waals surface area contributed by atoms with Crippen molar-refractivity contribution in [3.05, 3.63) is 16.5 Å². The Morgan fingerprint density at radius 1 is 1.50 bits per heavy atom. The summed E-state index contributed by atoms with van der Waals surface area (Å²) in [6, 6.07) is 3.61. The molecule has 1 fully saturated rings. The highest BCUT2D eigenvalue weighted by Crippen LogP contribution is 2.25. The number of hydrogen-bond donors (Lipinski definition) is 2. The molecular formula is C10H14ClN3OS. The van der Waals surface area contributed by atoms with Crippen LogP contribution in [0.15, 0.2) is 12.1 Å². The summed E-state index contributed by atoms with van der Waals surface area (Å²) in [5.41, 5.74) is 0. The number of thiophene rings is 1. The number of amides is 1. The molecule has 1 aliphatic rings. The van der Waals surface area contributed by atoms with Crippen molar-refractivity contribution < 1.29 is 4.79 Å². The lowest BCUT2D eigenvalue weighted by atomic mass is 10.3. The molecule has 0 saturated carbocycles. The van der Waals surface area contributed by atoms with Crippen LogP contribution in [0.25, 0.3) is 0 Å². The molecule has 2 N–H and O–H groups in total. The lowest BCUT2D eigenvalue weighted by molar-refractivity contribution is -0.117. The molecule has 2 rings (SSSR count). The van der Waals surface area contributed by atoms with E-state index in [-0.39, 0.29) is 5.91 Å². The summed E-state index contributed by atoms with van der Waals surface area (Å²) >= 11 is 7.16. The van der Waals surface area contributed by atoms with Gasteiger partial charge in [0.15, 0.2) is 0 Å². The number of hydrogen-bond acceptors (Lipinski definition) is 4. The van der Waals surface area contributed by atoms with Crippen molar-refractivity contribution in [3.8, 4) is 0 Å². The molecule has 0 radical (unpaired) electrons. The molecule has 1 saturated heterocycles. The second-order valence-corrected chi connectivity index (χ2v) is 5.39. The van der Waals surface area contributed by atoms with E-state index in [0.717, 1.165) is 31.2 Å². The summed E-state index contributed by atoms with van der Waals surface area (Å²) in [5, 5.41) is 6.91. The smallest absolute Gasteiger partial charge is 0.239 e. The van der Waals surface area contributed by atoms with Gasteiger partial charge in [-0.3, -0.25) is 9.69 Å². The van der Waals surface area contributed by atoms with E-state index in [4.69, 9.17) is 11.6 Å². The Labute approximate surface area is 104 Å². The van der Waals surface area contributed by atoms with Crippen LogP contribution >= 0.6 is 22.9 Å². The minimum absolute atomic E-state index is 0.0282. The van der Waals surface area contributed by atoms with Gasteiger partial charge in [0, 0.05) is 26.2 Å². The fraction of sp³-hybridized carbons (Fsp3) is 0.500. The van der Waals surface area contributed by atoms with Crippen LogP contribution in [-0.4, -0.2) is 43.5 Å². The van der Waals surface area contributed by atoms with Crippen molar-refractivity contribution in [1.29, 1.82) is 0 Å². The van der Waals surface area contributed by atoms with Crippen LogP contribution in [0.4, 0.5) is 5.00 Å². The van der Waals surface area contributed by atoms with E-state index in [1.807, 2.05) is 6.07 Å². The van der Waals surface area contributed by atoms with Crippen LogP contribution in [0, 0.1) is 0 Å². The summed E-state index contributed by atoms with van der Waals surface area (Å²) in [5.74, 6) is 0.0282. The topological polar surface area (TPSA) is 44.4 Å². The van der Waals surface area contributed by atoms with E-state index in [2.05, 4.69) is 15.5 Å². The van der Waals surface area contributed by atoms with E-state index in [1.165, 1.54) is 11.3 Å². The third-order valence-electron chi connectivity index (χ3n) is 2.41. The minimum atomic E-state index is 0.0282. The number of rotatable bonds is 3. The third kappa shape index (κ3) is 3.45. The molecule has 1 aliphatic heterocycles. The van der Waals surface area contributed by atoms with Gasteiger partial charge in [-0.05, 0) is 12.1 Å². The molecule has 2 heterocycles. The molecule has 1 amide bonds. The highest BCUT2D eigenvalue weighted by atomic mass is 35.5. The molecular weight excluding hydrogens is 246 g/mol. The van der Waals surface area contributed by atoms with Gasteiger partial charge in [0.2, 0.25) is 5.91 Å². The second kappa shape index (κ2) is 5.63.